The summed E-state index contributed by atoms with van der Waals surface area (Å²) in [6, 6.07) is 5.08. The molecule has 6 heteroatoms. The second kappa shape index (κ2) is 3.97. The van der Waals surface area contributed by atoms with E-state index in [1.165, 1.54) is 7.11 Å². The highest BCUT2D eigenvalue weighted by atomic mass is 32.1. The maximum atomic E-state index is 9.65. The van der Waals surface area contributed by atoms with E-state index in [0.717, 1.165) is 5.56 Å². The number of benzene rings is 1. The van der Waals surface area contributed by atoms with Gasteiger partial charge in [0.15, 0.2) is 22.1 Å². The molecule has 1 heterocycles. The number of methoxy groups -OCH3 is 1. The van der Waals surface area contributed by atoms with E-state index in [4.69, 9.17) is 17.0 Å². The molecule has 0 unspecified atom stereocenters. The zero-order valence-corrected chi connectivity index (χ0v) is 9.71. The van der Waals surface area contributed by atoms with Gasteiger partial charge in [-0.2, -0.15) is 5.10 Å². The number of phenolic OH excluding ortho intramolecular Hbond substituents is 1. The average Bonchev–Trinajstić information content (AvgIpc) is 2.60. The maximum absolute atomic E-state index is 9.65. The quantitative estimate of drug-likeness (QED) is 0.782. The van der Waals surface area contributed by atoms with Gasteiger partial charge in [0.05, 0.1) is 7.11 Å². The van der Waals surface area contributed by atoms with Gasteiger partial charge in [0.25, 0.3) is 0 Å². The molecule has 0 aliphatic carbocycles. The SMILES string of the molecule is COc1ccc(-c2n[nH]c(=S)n2C)cc1O. The van der Waals surface area contributed by atoms with Gasteiger partial charge in [0, 0.05) is 12.6 Å². The minimum absolute atomic E-state index is 0.0777. The summed E-state index contributed by atoms with van der Waals surface area (Å²) >= 11 is 5.01. The third-order valence-electron chi connectivity index (χ3n) is 2.32. The first-order valence-corrected chi connectivity index (χ1v) is 5.03. The van der Waals surface area contributed by atoms with Gasteiger partial charge >= 0.3 is 0 Å². The fourth-order valence-electron chi connectivity index (χ4n) is 1.43. The molecule has 0 amide bonds. The van der Waals surface area contributed by atoms with Crippen LogP contribution in [0.1, 0.15) is 0 Å². The lowest BCUT2D eigenvalue weighted by molar-refractivity contribution is 0.373. The van der Waals surface area contributed by atoms with E-state index in [-0.39, 0.29) is 5.75 Å². The highest BCUT2D eigenvalue weighted by Crippen LogP contribution is 2.30. The second-order valence-corrected chi connectivity index (χ2v) is 3.68. The number of aromatic amines is 1. The summed E-state index contributed by atoms with van der Waals surface area (Å²) in [4.78, 5) is 0. The Balaban J connectivity index is 2.53. The number of hydrogen-bond donors (Lipinski definition) is 2. The van der Waals surface area contributed by atoms with Gasteiger partial charge in [-0.15, -0.1) is 0 Å². The molecule has 5 nitrogen and oxygen atoms in total. The number of hydrogen-bond acceptors (Lipinski definition) is 4. The zero-order valence-electron chi connectivity index (χ0n) is 8.89. The van der Waals surface area contributed by atoms with E-state index in [2.05, 4.69) is 10.2 Å². The zero-order chi connectivity index (χ0) is 11.7. The van der Waals surface area contributed by atoms with Crippen molar-refractivity contribution in [3.63, 3.8) is 0 Å². The minimum atomic E-state index is 0.0777. The van der Waals surface area contributed by atoms with Crippen LogP contribution < -0.4 is 4.74 Å². The van der Waals surface area contributed by atoms with E-state index in [1.807, 2.05) is 13.1 Å². The van der Waals surface area contributed by atoms with Crippen molar-refractivity contribution in [1.82, 2.24) is 14.8 Å². The van der Waals surface area contributed by atoms with Crippen LogP contribution in [-0.2, 0) is 7.05 Å². The van der Waals surface area contributed by atoms with Crippen LogP contribution in [-0.4, -0.2) is 27.0 Å². The molecule has 0 fully saturated rings. The molecule has 84 valence electrons. The highest BCUT2D eigenvalue weighted by molar-refractivity contribution is 7.71. The molecular weight excluding hydrogens is 226 g/mol. The standard InChI is InChI=1S/C10H11N3O2S/c1-13-9(11-12-10(13)16)6-3-4-8(15-2)7(14)5-6/h3-5,14H,1-2H3,(H,12,16). The Bertz CT molecular complexity index is 574. The monoisotopic (exact) mass is 237 g/mol. The third kappa shape index (κ3) is 1.67. The maximum Gasteiger partial charge on any atom is 0.195 e. The molecule has 0 saturated carbocycles. The predicted molar refractivity (Wildman–Crippen MR) is 62.0 cm³/mol. The average molecular weight is 237 g/mol. The summed E-state index contributed by atoms with van der Waals surface area (Å²) in [6.45, 7) is 0. The Labute approximate surface area is 97.3 Å². The molecule has 2 rings (SSSR count). The Morgan fingerprint density at radius 2 is 2.25 bits per heavy atom. The van der Waals surface area contributed by atoms with Crippen molar-refractivity contribution in [1.29, 1.82) is 0 Å². The first kappa shape index (κ1) is 10.7. The topological polar surface area (TPSA) is 63.1 Å². The van der Waals surface area contributed by atoms with Crippen molar-refractivity contribution in [3.8, 4) is 22.9 Å². The van der Waals surface area contributed by atoms with Gasteiger partial charge in [-0.1, -0.05) is 0 Å². The van der Waals surface area contributed by atoms with Crippen molar-refractivity contribution < 1.29 is 9.84 Å². The molecule has 0 aliphatic heterocycles. The molecule has 1 aromatic heterocycles. The summed E-state index contributed by atoms with van der Waals surface area (Å²) in [5.41, 5.74) is 0.771. The predicted octanol–water partition coefficient (Wildman–Crippen LogP) is 1.86. The van der Waals surface area contributed by atoms with Crippen LogP contribution in [0.15, 0.2) is 18.2 Å². The summed E-state index contributed by atoms with van der Waals surface area (Å²) in [6.07, 6.45) is 0. The summed E-state index contributed by atoms with van der Waals surface area (Å²) in [5, 5.41) is 16.4. The van der Waals surface area contributed by atoms with Crippen molar-refractivity contribution >= 4 is 12.2 Å². The van der Waals surface area contributed by atoms with Crippen LogP contribution in [0.25, 0.3) is 11.4 Å². The van der Waals surface area contributed by atoms with Crippen LogP contribution in [0.4, 0.5) is 0 Å². The van der Waals surface area contributed by atoms with E-state index in [9.17, 15) is 5.11 Å². The molecular formula is C10H11N3O2S. The van der Waals surface area contributed by atoms with Gasteiger partial charge in [-0.05, 0) is 30.4 Å². The van der Waals surface area contributed by atoms with Gasteiger partial charge in [-0.25, -0.2) is 0 Å². The molecule has 0 saturated heterocycles. The van der Waals surface area contributed by atoms with E-state index in [1.54, 1.807) is 16.7 Å². The van der Waals surface area contributed by atoms with Crippen LogP contribution in [0.3, 0.4) is 0 Å². The first-order chi connectivity index (χ1) is 7.63. The van der Waals surface area contributed by atoms with E-state index >= 15 is 0 Å². The Hall–Kier alpha value is -1.82. The molecule has 0 bridgehead atoms. The molecule has 0 radical (unpaired) electrons. The Morgan fingerprint density at radius 1 is 1.50 bits per heavy atom. The summed E-state index contributed by atoms with van der Waals surface area (Å²) in [7, 11) is 3.31. The number of aromatic nitrogens is 3. The number of rotatable bonds is 2. The fraction of sp³-hybridized carbons (Fsp3) is 0.200. The Kier molecular flexibility index (Phi) is 2.66. The third-order valence-corrected chi connectivity index (χ3v) is 2.68. The van der Waals surface area contributed by atoms with Gasteiger partial charge in [0.2, 0.25) is 0 Å². The molecule has 16 heavy (non-hydrogen) atoms. The van der Waals surface area contributed by atoms with Crippen molar-refractivity contribution in [2.45, 2.75) is 0 Å². The lowest BCUT2D eigenvalue weighted by Crippen LogP contribution is -1.93. The summed E-state index contributed by atoms with van der Waals surface area (Å²) in [5.74, 6) is 1.18. The largest absolute Gasteiger partial charge is 0.504 e. The lowest BCUT2D eigenvalue weighted by Gasteiger charge is -2.05. The van der Waals surface area contributed by atoms with Gasteiger partial charge < -0.3 is 14.4 Å². The van der Waals surface area contributed by atoms with E-state index in [0.29, 0.717) is 16.3 Å². The number of nitrogens with zero attached hydrogens (tertiary/aromatic N) is 2. The molecule has 1 aromatic carbocycles. The second-order valence-electron chi connectivity index (χ2n) is 3.30. The number of H-pyrrole nitrogens is 1. The lowest BCUT2D eigenvalue weighted by atomic mass is 10.2. The van der Waals surface area contributed by atoms with Crippen LogP contribution in [0, 0.1) is 4.77 Å². The highest BCUT2D eigenvalue weighted by Gasteiger charge is 2.08. The minimum Gasteiger partial charge on any atom is -0.504 e. The number of phenols is 1. The van der Waals surface area contributed by atoms with Crippen LogP contribution >= 0.6 is 12.2 Å². The Morgan fingerprint density at radius 3 is 2.75 bits per heavy atom. The number of aromatic hydroxyl groups is 1. The number of nitrogens with one attached hydrogen (secondary N) is 1. The van der Waals surface area contributed by atoms with Crippen molar-refractivity contribution in [3.05, 3.63) is 23.0 Å². The molecule has 0 atom stereocenters. The molecule has 0 spiro atoms. The van der Waals surface area contributed by atoms with E-state index < -0.39 is 0 Å². The number of ether oxygens (including phenoxy) is 1. The van der Waals surface area contributed by atoms with Crippen molar-refractivity contribution in [2.75, 3.05) is 7.11 Å². The van der Waals surface area contributed by atoms with Crippen LogP contribution in [0.5, 0.6) is 11.5 Å². The van der Waals surface area contributed by atoms with Crippen LogP contribution in [0.2, 0.25) is 0 Å². The normalized spacial score (nSPS) is 10.4. The molecule has 0 aliphatic rings. The van der Waals surface area contributed by atoms with Gasteiger partial charge in [0.1, 0.15) is 0 Å². The fourth-order valence-corrected chi connectivity index (χ4v) is 1.57. The van der Waals surface area contributed by atoms with Gasteiger partial charge in [-0.3, -0.25) is 5.10 Å². The molecule has 2 aromatic rings. The smallest absolute Gasteiger partial charge is 0.195 e. The molecule has 2 N–H and O–H groups in total. The van der Waals surface area contributed by atoms with Crippen molar-refractivity contribution in [2.24, 2.45) is 7.05 Å². The first-order valence-electron chi connectivity index (χ1n) is 4.62. The summed E-state index contributed by atoms with van der Waals surface area (Å²) < 4.78 is 7.23.